The van der Waals surface area contributed by atoms with Gasteiger partial charge in [-0.1, -0.05) is 0 Å². The van der Waals surface area contributed by atoms with Crippen LogP contribution in [0.25, 0.3) is 0 Å². The molecule has 2 aliphatic heterocycles. The second-order valence-corrected chi connectivity index (χ2v) is 2.47. The topological polar surface area (TPSA) is 9.23 Å². The predicted molar refractivity (Wildman–Crippen MR) is 36.0 cm³/mol. The minimum absolute atomic E-state index is 1.01. The monoisotopic (exact) mass is 120 g/mol. The summed E-state index contributed by atoms with van der Waals surface area (Å²) in [4.78, 5) is 0. The average molecular weight is 120 g/mol. The molecule has 3 rings (SSSR count). The highest BCUT2D eigenvalue weighted by atomic mass is 16.5. The second kappa shape index (κ2) is 1.29. The number of hydrogen-bond acceptors (Lipinski definition) is 1. The van der Waals surface area contributed by atoms with Gasteiger partial charge < -0.3 is 4.74 Å². The zero-order chi connectivity index (χ0) is 6.43. The first kappa shape index (κ1) is 4.86. The molecule has 1 aromatic carbocycles. The SMILES string of the molecule is Cc1cc2cc(c1C)O2. The van der Waals surface area contributed by atoms with Gasteiger partial charge in [0.2, 0.25) is 0 Å². The fourth-order valence-electron chi connectivity index (χ4n) is 1.03. The zero-order valence-electron chi connectivity index (χ0n) is 5.56. The Balaban J connectivity index is 2.72. The Morgan fingerprint density at radius 2 is 1.89 bits per heavy atom. The lowest BCUT2D eigenvalue weighted by Gasteiger charge is -2.20. The number of benzene rings is 1. The lowest BCUT2D eigenvalue weighted by molar-refractivity contribution is 0.432. The van der Waals surface area contributed by atoms with E-state index in [1.807, 2.05) is 0 Å². The van der Waals surface area contributed by atoms with Crippen LogP contribution in [0.2, 0.25) is 0 Å². The van der Waals surface area contributed by atoms with Crippen LogP contribution in [0, 0.1) is 13.8 Å². The molecule has 2 aliphatic rings. The van der Waals surface area contributed by atoms with Gasteiger partial charge in [-0.25, -0.2) is 0 Å². The molecule has 0 unspecified atom stereocenters. The molecule has 0 saturated heterocycles. The Morgan fingerprint density at radius 1 is 1.22 bits per heavy atom. The summed E-state index contributed by atoms with van der Waals surface area (Å²) in [7, 11) is 0. The van der Waals surface area contributed by atoms with Gasteiger partial charge in [-0.05, 0) is 31.0 Å². The van der Waals surface area contributed by atoms with E-state index in [1.165, 1.54) is 11.1 Å². The Bertz CT molecular complexity index is 260. The summed E-state index contributed by atoms with van der Waals surface area (Å²) in [5.74, 6) is 2.05. The molecule has 2 heterocycles. The molecule has 0 atom stereocenters. The van der Waals surface area contributed by atoms with Gasteiger partial charge in [0.25, 0.3) is 0 Å². The molecule has 0 amide bonds. The fraction of sp³-hybridized carbons (Fsp3) is 0.250. The molecule has 1 aromatic rings. The molecular formula is C8H8O. The Hall–Kier alpha value is -0.980. The van der Waals surface area contributed by atoms with Gasteiger partial charge in [0.1, 0.15) is 11.5 Å². The van der Waals surface area contributed by atoms with Gasteiger partial charge >= 0.3 is 0 Å². The van der Waals surface area contributed by atoms with Crippen molar-refractivity contribution in [1.29, 1.82) is 0 Å². The number of ether oxygens (including phenoxy) is 1. The molecule has 9 heavy (non-hydrogen) atoms. The third-order valence-electron chi connectivity index (χ3n) is 1.82. The van der Waals surface area contributed by atoms with Crippen molar-refractivity contribution < 1.29 is 4.74 Å². The molecule has 1 heteroatoms. The summed E-state index contributed by atoms with van der Waals surface area (Å²) in [6.45, 7) is 4.18. The van der Waals surface area contributed by atoms with Crippen LogP contribution < -0.4 is 4.74 Å². The van der Waals surface area contributed by atoms with E-state index in [4.69, 9.17) is 4.74 Å². The Kier molecular flexibility index (Phi) is 0.699. The predicted octanol–water partition coefficient (Wildman–Crippen LogP) is 2.41. The molecule has 0 fully saturated rings. The highest BCUT2D eigenvalue weighted by Crippen LogP contribution is 2.39. The first-order valence-corrected chi connectivity index (χ1v) is 3.06. The molecule has 0 N–H and O–H groups in total. The van der Waals surface area contributed by atoms with Gasteiger partial charge in [0.15, 0.2) is 0 Å². The van der Waals surface area contributed by atoms with Crippen molar-refractivity contribution in [3.05, 3.63) is 23.3 Å². The van der Waals surface area contributed by atoms with Crippen molar-refractivity contribution in [2.45, 2.75) is 13.8 Å². The Labute approximate surface area is 54.3 Å². The van der Waals surface area contributed by atoms with Crippen LogP contribution in [-0.4, -0.2) is 0 Å². The largest absolute Gasteiger partial charge is 0.457 e. The van der Waals surface area contributed by atoms with Crippen LogP contribution >= 0.6 is 0 Å². The van der Waals surface area contributed by atoms with E-state index in [-0.39, 0.29) is 0 Å². The molecule has 1 nitrogen and oxygen atoms in total. The summed E-state index contributed by atoms with van der Waals surface area (Å²) < 4.78 is 5.22. The van der Waals surface area contributed by atoms with Crippen LogP contribution in [0.5, 0.6) is 11.5 Å². The number of rotatable bonds is 0. The van der Waals surface area contributed by atoms with Gasteiger partial charge in [-0.2, -0.15) is 0 Å². The van der Waals surface area contributed by atoms with Crippen molar-refractivity contribution in [3.63, 3.8) is 0 Å². The van der Waals surface area contributed by atoms with Crippen molar-refractivity contribution in [1.82, 2.24) is 0 Å². The third kappa shape index (κ3) is 0.489. The van der Waals surface area contributed by atoms with Crippen molar-refractivity contribution in [2.24, 2.45) is 0 Å². The summed E-state index contributed by atoms with van der Waals surface area (Å²) in [6, 6.07) is 4.12. The van der Waals surface area contributed by atoms with Gasteiger partial charge in [0, 0.05) is 6.07 Å². The van der Waals surface area contributed by atoms with E-state index >= 15 is 0 Å². The number of aryl methyl sites for hydroxylation is 1. The van der Waals surface area contributed by atoms with E-state index < -0.39 is 0 Å². The maximum absolute atomic E-state index is 5.22. The van der Waals surface area contributed by atoms with Gasteiger partial charge in [-0.3, -0.25) is 0 Å². The molecule has 0 radical (unpaired) electrons. The van der Waals surface area contributed by atoms with Crippen LogP contribution in [0.1, 0.15) is 11.1 Å². The minimum atomic E-state index is 1.01. The van der Waals surface area contributed by atoms with Gasteiger partial charge in [0.05, 0.1) is 0 Å². The maximum Gasteiger partial charge on any atom is 0.134 e. The quantitative estimate of drug-likeness (QED) is 0.518. The van der Waals surface area contributed by atoms with Crippen LogP contribution in [0.3, 0.4) is 0 Å². The zero-order valence-corrected chi connectivity index (χ0v) is 5.56. The average Bonchev–Trinajstić information content (AvgIpc) is 1.72. The van der Waals surface area contributed by atoms with Crippen molar-refractivity contribution >= 4 is 0 Å². The van der Waals surface area contributed by atoms with E-state index in [0.29, 0.717) is 0 Å². The van der Waals surface area contributed by atoms with E-state index in [0.717, 1.165) is 11.5 Å². The number of fused-ring (bicyclic) bond motifs is 2. The summed E-state index contributed by atoms with van der Waals surface area (Å²) >= 11 is 0. The third-order valence-corrected chi connectivity index (χ3v) is 1.82. The number of hydrogen-bond donors (Lipinski definition) is 0. The van der Waals surface area contributed by atoms with Crippen LogP contribution in [-0.2, 0) is 0 Å². The molecule has 0 aromatic heterocycles. The first-order chi connectivity index (χ1) is 4.27. The lowest BCUT2D eigenvalue weighted by atomic mass is 10.1. The summed E-state index contributed by atoms with van der Waals surface area (Å²) in [5.41, 5.74) is 2.60. The molecule has 0 spiro atoms. The van der Waals surface area contributed by atoms with Crippen LogP contribution in [0.4, 0.5) is 0 Å². The molecule has 2 bridgehead atoms. The highest BCUT2D eigenvalue weighted by molar-refractivity contribution is 5.53. The van der Waals surface area contributed by atoms with E-state index in [9.17, 15) is 0 Å². The van der Waals surface area contributed by atoms with Crippen molar-refractivity contribution in [3.8, 4) is 11.5 Å². The Morgan fingerprint density at radius 3 is 2.22 bits per heavy atom. The molecular weight excluding hydrogens is 112 g/mol. The molecule has 0 aliphatic carbocycles. The fourth-order valence-corrected chi connectivity index (χ4v) is 1.03. The molecule has 0 saturated carbocycles. The van der Waals surface area contributed by atoms with Gasteiger partial charge in [-0.15, -0.1) is 0 Å². The first-order valence-electron chi connectivity index (χ1n) is 3.06. The van der Waals surface area contributed by atoms with Crippen LogP contribution in [0.15, 0.2) is 12.1 Å². The smallest absolute Gasteiger partial charge is 0.134 e. The van der Waals surface area contributed by atoms with Crippen molar-refractivity contribution in [2.75, 3.05) is 0 Å². The second-order valence-electron chi connectivity index (χ2n) is 2.47. The van der Waals surface area contributed by atoms with E-state index in [2.05, 4.69) is 26.0 Å². The standard InChI is InChI=1S/C8H8O/c1-5-3-7-4-8(9-7)6(5)2/h3-4H,1-2H3. The van der Waals surface area contributed by atoms with E-state index in [1.54, 1.807) is 0 Å². The highest BCUT2D eigenvalue weighted by Gasteiger charge is 2.14. The molecule has 46 valence electrons. The normalized spacial score (nSPS) is 12.2. The minimum Gasteiger partial charge on any atom is -0.457 e. The lowest BCUT2D eigenvalue weighted by Crippen LogP contribution is -1.99. The summed E-state index contributed by atoms with van der Waals surface area (Å²) in [5, 5.41) is 0. The summed E-state index contributed by atoms with van der Waals surface area (Å²) in [6.07, 6.45) is 0. The maximum atomic E-state index is 5.22.